The van der Waals surface area contributed by atoms with Crippen molar-refractivity contribution in [2.75, 3.05) is 6.54 Å². The van der Waals surface area contributed by atoms with Crippen molar-refractivity contribution in [3.05, 3.63) is 75.7 Å². The first-order chi connectivity index (χ1) is 15.4. The highest BCUT2D eigenvalue weighted by Gasteiger charge is 2.31. The number of hydrogen-bond acceptors (Lipinski definition) is 5. The molecule has 1 fully saturated rings. The van der Waals surface area contributed by atoms with Crippen LogP contribution in [0.5, 0.6) is 0 Å². The van der Waals surface area contributed by atoms with E-state index in [9.17, 15) is 14.4 Å². The molecular weight excluding hydrogens is 442 g/mol. The molecule has 1 heterocycles. The van der Waals surface area contributed by atoms with Crippen molar-refractivity contribution in [3.8, 4) is 0 Å². The van der Waals surface area contributed by atoms with E-state index in [4.69, 9.17) is 12.2 Å². The van der Waals surface area contributed by atoms with Gasteiger partial charge in [0.25, 0.3) is 11.8 Å². The van der Waals surface area contributed by atoms with Gasteiger partial charge in [-0.1, -0.05) is 73.4 Å². The Labute approximate surface area is 197 Å². The smallest absolute Gasteiger partial charge is 0.269 e. The molecule has 2 aromatic rings. The SMILES string of the molecule is CCc1ccc(/C=C2/SC(=S)N(CCCC(=O)NNC(=O)c3ccccc3C)C2=O)cc1. The first-order valence-corrected chi connectivity index (χ1v) is 11.6. The summed E-state index contributed by atoms with van der Waals surface area (Å²) in [4.78, 5) is 39.0. The highest BCUT2D eigenvalue weighted by atomic mass is 32.2. The number of nitrogens with one attached hydrogen (secondary N) is 2. The zero-order chi connectivity index (χ0) is 23.1. The van der Waals surface area contributed by atoms with E-state index in [1.54, 1.807) is 12.1 Å². The van der Waals surface area contributed by atoms with Gasteiger partial charge in [0.15, 0.2) is 0 Å². The van der Waals surface area contributed by atoms with Crippen LogP contribution in [0, 0.1) is 6.92 Å². The lowest BCUT2D eigenvalue weighted by atomic mass is 10.1. The lowest BCUT2D eigenvalue weighted by molar-refractivity contribution is -0.124. The monoisotopic (exact) mass is 467 g/mol. The number of thiocarbonyl (C=S) groups is 1. The molecule has 6 nitrogen and oxygen atoms in total. The fourth-order valence-corrected chi connectivity index (χ4v) is 4.48. The van der Waals surface area contributed by atoms with Gasteiger partial charge in [-0.25, -0.2) is 0 Å². The van der Waals surface area contributed by atoms with Gasteiger partial charge in [0.05, 0.1) is 4.91 Å². The van der Waals surface area contributed by atoms with E-state index in [-0.39, 0.29) is 24.1 Å². The normalized spacial score (nSPS) is 14.7. The van der Waals surface area contributed by atoms with Gasteiger partial charge in [-0.15, -0.1) is 0 Å². The van der Waals surface area contributed by atoms with Crippen molar-refractivity contribution in [1.82, 2.24) is 15.8 Å². The van der Waals surface area contributed by atoms with Gasteiger partial charge >= 0.3 is 0 Å². The molecule has 2 aromatic carbocycles. The van der Waals surface area contributed by atoms with Crippen molar-refractivity contribution in [2.45, 2.75) is 33.1 Å². The second-order valence-electron chi connectivity index (χ2n) is 7.35. The first-order valence-electron chi connectivity index (χ1n) is 10.4. The Morgan fingerprint density at radius 1 is 1.09 bits per heavy atom. The zero-order valence-corrected chi connectivity index (χ0v) is 19.6. The molecule has 0 spiro atoms. The summed E-state index contributed by atoms with van der Waals surface area (Å²) in [5.74, 6) is -0.845. The highest BCUT2D eigenvalue weighted by molar-refractivity contribution is 8.26. The molecule has 0 unspecified atom stereocenters. The second kappa shape index (κ2) is 11.1. The molecule has 8 heteroatoms. The number of aryl methyl sites for hydroxylation is 2. The number of benzene rings is 2. The zero-order valence-electron chi connectivity index (χ0n) is 18.0. The maximum Gasteiger partial charge on any atom is 0.269 e. The molecule has 0 atom stereocenters. The molecule has 0 radical (unpaired) electrons. The van der Waals surface area contributed by atoms with Gasteiger partial charge in [0.1, 0.15) is 4.32 Å². The van der Waals surface area contributed by atoms with Gasteiger partial charge in [0, 0.05) is 18.5 Å². The fraction of sp³-hybridized carbons (Fsp3) is 0.250. The molecule has 2 N–H and O–H groups in total. The third kappa shape index (κ3) is 6.05. The van der Waals surface area contributed by atoms with E-state index < -0.39 is 0 Å². The van der Waals surface area contributed by atoms with Crippen LogP contribution in [0.4, 0.5) is 0 Å². The summed E-state index contributed by atoms with van der Waals surface area (Å²) in [6, 6.07) is 15.2. The van der Waals surface area contributed by atoms with E-state index >= 15 is 0 Å². The lowest BCUT2D eigenvalue weighted by Gasteiger charge is -2.14. The van der Waals surface area contributed by atoms with Crippen LogP contribution >= 0.6 is 24.0 Å². The second-order valence-corrected chi connectivity index (χ2v) is 9.03. The summed E-state index contributed by atoms with van der Waals surface area (Å²) in [6.07, 6.45) is 3.39. The van der Waals surface area contributed by atoms with Gasteiger partial charge in [-0.05, 0) is 48.6 Å². The Kier molecular flexibility index (Phi) is 8.19. The third-order valence-electron chi connectivity index (χ3n) is 5.05. The molecule has 0 bridgehead atoms. The number of rotatable bonds is 7. The fourth-order valence-electron chi connectivity index (χ4n) is 3.18. The highest BCUT2D eigenvalue weighted by Crippen LogP contribution is 2.32. The average molecular weight is 468 g/mol. The molecule has 1 saturated heterocycles. The molecule has 1 aliphatic heterocycles. The number of carbonyl (C=O) groups excluding carboxylic acids is 3. The van der Waals surface area contributed by atoms with Gasteiger partial charge in [-0.3, -0.25) is 30.1 Å². The topological polar surface area (TPSA) is 78.5 Å². The lowest BCUT2D eigenvalue weighted by Crippen LogP contribution is -2.42. The van der Waals surface area contributed by atoms with Crippen molar-refractivity contribution in [2.24, 2.45) is 0 Å². The number of carbonyl (C=O) groups is 3. The summed E-state index contributed by atoms with van der Waals surface area (Å²) < 4.78 is 0.486. The van der Waals surface area contributed by atoms with Crippen molar-refractivity contribution < 1.29 is 14.4 Å². The Morgan fingerprint density at radius 2 is 1.81 bits per heavy atom. The van der Waals surface area contributed by atoms with E-state index in [2.05, 4.69) is 17.8 Å². The van der Waals surface area contributed by atoms with Gasteiger partial charge < -0.3 is 0 Å². The van der Waals surface area contributed by atoms with Crippen LogP contribution in [0.2, 0.25) is 0 Å². The Bertz CT molecular complexity index is 1060. The third-order valence-corrected chi connectivity index (χ3v) is 6.43. The standard InChI is InChI=1S/C24H25N3O3S2/c1-3-17-10-12-18(13-11-17)15-20-23(30)27(24(31)32-20)14-6-9-21(28)25-26-22(29)19-8-5-4-7-16(19)2/h4-5,7-8,10-13,15H,3,6,9,14H2,1-2H3,(H,25,28)(H,26,29)/b20-15+. The number of hydrazine groups is 1. The van der Waals surface area contributed by atoms with Crippen LogP contribution < -0.4 is 10.9 Å². The molecule has 166 valence electrons. The number of thioether (sulfide) groups is 1. The van der Waals surface area contributed by atoms with Crippen LogP contribution in [0.3, 0.4) is 0 Å². The summed E-state index contributed by atoms with van der Waals surface area (Å²) >= 11 is 6.62. The van der Waals surface area contributed by atoms with E-state index in [0.29, 0.717) is 27.8 Å². The van der Waals surface area contributed by atoms with E-state index in [1.165, 1.54) is 22.2 Å². The largest absolute Gasteiger partial charge is 0.293 e. The predicted molar refractivity (Wildman–Crippen MR) is 132 cm³/mol. The molecule has 32 heavy (non-hydrogen) atoms. The molecule has 3 amide bonds. The molecule has 1 aliphatic rings. The van der Waals surface area contributed by atoms with Crippen LogP contribution in [0.1, 0.15) is 46.8 Å². The van der Waals surface area contributed by atoms with Crippen LogP contribution in [0.25, 0.3) is 6.08 Å². The van der Waals surface area contributed by atoms with E-state index in [0.717, 1.165) is 17.5 Å². The Hall–Kier alpha value is -2.97. The summed E-state index contributed by atoms with van der Waals surface area (Å²) in [5.41, 5.74) is 8.35. The van der Waals surface area contributed by atoms with Gasteiger partial charge in [0.2, 0.25) is 5.91 Å². The quantitative estimate of drug-likeness (QED) is 0.366. The number of hydrogen-bond donors (Lipinski definition) is 2. The van der Waals surface area contributed by atoms with Crippen molar-refractivity contribution in [3.63, 3.8) is 0 Å². The van der Waals surface area contributed by atoms with Gasteiger partial charge in [-0.2, -0.15) is 0 Å². The number of nitrogens with zero attached hydrogens (tertiary/aromatic N) is 1. The molecule has 0 aliphatic carbocycles. The van der Waals surface area contributed by atoms with Crippen molar-refractivity contribution >= 4 is 52.1 Å². The van der Waals surface area contributed by atoms with E-state index in [1.807, 2.05) is 49.4 Å². The molecule has 3 rings (SSSR count). The van der Waals surface area contributed by atoms with Crippen LogP contribution in [-0.2, 0) is 16.0 Å². The minimum absolute atomic E-state index is 0.146. The van der Waals surface area contributed by atoms with Crippen LogP contribution in [-0.4, -0.2) is 33.5 Å². The Morgan fingerprint density at radius 3 is 2.50 bits per heavy atom. The average Bonchev–Trinajstić information content (AvgIpc) is 3.05. The first kappa shape index (κ1) is 23.7. The molecule has 0 saturated carbocycles. The summed E-state index contributed by atoms with van der Waals surface area (Å²) in [7, 11) is 0. The van der Waals surface area contributed by atoms with Crippen LogP contribution in [0.15, 0.2) is 53.4 Å². The van der Waals surface area contributed by atoms with Crippen molar-refractivity contribution in [1.29, 1.82) is 0 Å². The minimum atomic E-state index is -0.370. The predicted octanol–water partition coefficient (Wildman–Crippen LogP) is 4.00. The maximum atomic E-state index is 12.7. The maximum absolute atomic E-state index is 12.7. The Balaban J connectivity index is 1.47. The summed E-state index contributed by atoms with van der Waals surface area (Å²) in [5, 5.41) is 0. The summed E-state index contributed by atoms with van der Waals surface area (Å²) in [6.45, 7) is 4.27. The molecular formula is C24H25N3O3S2. The molecule has 0 aromatic heterocycles. The number of amides is 3. The minimum Gasteiger partial charge on any atom is -0.293 e.